The third kappa shape index (κ3) is 3.84. The van der Waals surface area contributed by atoms with Crippen molar-refractivity contribution in [2.75, 3.05) is 13.1 Å². The number of aliphatic hydroxyl groups is 1. The maximum Gasteiger partial charge on any atom is 0.243 e. The normalized spacial score (nSPS) is 25.0. The monoisotopic (exact) mass is 311 g/mol. The van der Waals surface area contributed by atoms with E-state index in [2.05, 4.69) is 13.8 Å². The highest BCUT2D eigenvalue weighted by Crippen LogP contribution is 2.26. The molecule has 1 atom stereocenters. The Bertz CT molecular complexity index is 576. The summed E-state index contributed by atoms with van der Waals surface area (Å²) in [5.74, 6) is 0.384. The Labute approximate surface area is 127 Å². The van der Waals surface area contributed by atoms with Gasteiger partial charge in [-0.25, -0.2) is 8.42 Å². The van der Waals surface area contributed by atoms with Crippen LogP contribution in [0.2, 0.25) is 0 Å². The zero-order valence-corrected chi connectivity index (χ0v) is 13.9. The van der Waals surface area contributed by atoms with Gasteiger partial charge >= 0.3 is 0 Å². The number of hydrogen-bond acceptors (Lipinski definition) is 3. The predicted octanol–water partition coefficient (Wildman–Crippen LogP) is 2.74. The van der Waals surface area contributed by atoms with Crippen molar-refractivity contribution in [1.82, 2.24) is 4.31 Å². The molecule has 5 heteroatoms. The second-order valence-electron chi connectivity index (χ2n) is 6.48. The van der Waals surface area contributed by atoms with Crippen LogP contribution in [0.25, 0.3) is 0 Å². The maximum atomic E-state index is 12.7. The molecular weight excluding hydrogens is 286 g/mol. The first-order valence-corrected chi connectivity index (χ1v) is 8.99. The van der Waals surface area contributed by atoms with Crippen LogP contribution < -0.4 is 0 Å². The summed E-state index contributed by atoms with van der Waals surface area (Å²) in [5.41, 5.74) is 0.374. The van der Waals surface area contributed by atoms with Gasteiger partial charge in [-0.05, 0) is 49.8 Å². The highest BCUT2D eigenvalue weighted by molar-refractivity contribution is 7.89. The Kier molecular flexibility index (Phi) is 4.76. The number of benzene rings is 1. The van der Waals surface area contributed by atoms with E-state index in [1.54, 1.807) is 19.1 Å². The quantitative estimate of drug-likeness (QED) is 0.934. The highest BCUT2D eigenvalue weighted by atomic mass is 32.2. The molecule has 0 saturated carbocycles. The standard InChI is InChI=1S/C16H25NO3S/c1-13(2)14-5-7-15(8-6-14)21(19,20)17-11-4-9-16(3,18)10-12-17/h5-8,13,18H,4,9-12H2,1-3H3. The molecule has 0 aliphatic carbocycles. The summed E-state index contributed by atoms with van der Waals surface area (Å²) in [5, 5.41) is 10.1. The van der Waals surface area contributed by atoms with E-state index < -0.39 is 15.6 Å². The third-order valence-corrected chi connectivity index (χ3v) is 6.12. The molecule has 0 spiro atoms. The zero-order valence-electron chi connectivity index (χ0n) is 13.0. The van der Waals surface area contributed by atoms with Crippen molar-refractivity contribution in [3.63, 3.8) is 0 Å². The fourth-order valence-electron chi connectivity index (χ4n) is 2.65. The molecule has 1 saturated heterocycles. The van der Waals surface area contributed by atoms with E-state index in [1.807, 2.05) is 12.1 Å². The van der Waals surface area contributed by atoms with Crippen molar-refractivity contribution in [1.29, 1.82) is 0 Å². The Hall–Kier alpha value is -0.910. The molecule has 21 heavy (non-hydrogen) atoms. The van der Waals surface area contributed by atoms with Crippen molar-refractivity contribution < 1.29 is 13.5 Å². The van der Waals surface area contributed by atoms with Crippen LogP contribution in [0.15, 0.2) is 29.2 Å². The molecule has 1 aromatic rings. The highest BCUT2D eigenvalue weighted by Gasteiger charge is 2.31. The third-order valence-electron chi connectivity index (χ3n) is 4.21. The van der Waals surface area contributed by atoms with Gasteiger partial charge in [0.25, 0.3) is 0 Å². The van der Waals surface area contributed by atoms with Crippen LogP contribution in [0.4, 0.5) is 0 Å². The van der Waals surface area contributed by atoms with Crippen molar-refractivity contribution in [3.8, 4) is 0 Å². The largest absolute Gasteiger partial charge is 0.390 e. The van der Waals surface area contributed by atoms with Gasteiger partial charge in [-0.2, -0.15) is 4.31 Å². The van der Waals surface area contributed by atoms with E-state index in [0.29, 0.717) is 43.2 Å². The minimum Gasteiger partial charge on any atom is -0.390 e. The molecule has 1 heterocycles. The fourth-order valence-corrected chi connectivity index (χ4v) is 4.13. The molecule has 4 nitrogen and oxygen atoms in total. The minimum absolute atomic E-state index is 0.341. The lowest BCUT2D eigenvalue weighted by Gasteiger charge is -2.22. The molecule has 0 radical (unpaired) electrons. The van der Waals surface area contributed by atoms with Crippen molar-refractivity contribution in [2.45, 2.75) is 56.4 Å². The van der Waals surface area contributed by atoms with Gasteiger partial charge in [0.05, 0.1) is 10.5 Å². The lowest BCUT2D eigenvalue weighted by atomic mass is 9.98. The van der Waals surface area contributed by atoms with Gasteiger partial charge in [-0.15, -0.1) is 0 Å². The Morgan fingerprint density at radius 2 is 1.76 bits per heavy atom. The van der Waals surface area contributed by atoms with E-state index in [4.69, 9.17) is 0 Å². The number of nitrogens with zero attached hydrogens (tertiary/aromatic N) is 1. The SMILES string of the molecule is CC(C)c1ccc(S(=O)(=O)N2CCCC(C)(O)CC2)cc1. The van der Waals surface area contributed by atoms with E-state index >= 15 is 0 Å². The second-order valence-corrected chi connectivity index (χ2v) is 8.42. The first-order chi connectivity index (χ1) is 9.72. The van der Waals surface area contributed by atoms with Crippen LogP contribution >= 0.6 is 0 Å². The Balaban J connectivity index is 2.21. The van der Waals surface area contributed by atoms with Gasteiger partial charge < -0.3 is 5.11 Å². The number of rotatable bonds is 3. The molecular formula is C16H25NO3S. The first-order valence-electron chi connectivity index (χ1n) is 7.55. The van der Waals surface area contributed by atoms with Crippen molar-refractivity contribution >= 4 is 10.0 Å². The molecule has 0 bridgehead atoms. The van der Waals surface area contributed by atoms with Gasteiger partial charge in [-0.1, -0.05) is 26.0 Å². The summed E-state index contributed by atoms with van der Waals surface area (Å²) < 4.78 is 26.9. The van der Waals surface area contributed by atoms with E-state index in [-0.39, 0.29) is 0 Å². The molecule has 1 aromatic carbocycles. The molecule has 118 valence electrons. The summed E-state index contributed by atoms with van der Waals surface area (Å²) in [4.78, 5) is 0.341. The maximum absolute atomic E-state index is 12.7. The molecule has 1 N–H and O–H groups in total. The van der Waals surface area contributed by atoms with Gasteiger partial charge in [0.1, 0.15) is 0 Å². The van der Waals surface area contributed by atoms with E-state index in [0.717, 1.165) is 5.56 Å². The molecule has 1 aliphatic rings. The smallest absolute Gasteiger partial charge is 0.243 e. The van der Waals surface area contributed by atoms with Gasteiger partial charge in [-0.3, -0.25) is 0 Å². The summed E-state index contributed by atoms with van der Waals surface area (Å²) in [6, 6.07) is 7.14. The van der Waals surface area contributed by atoms with Crippen LogP contribution in [0, 0.1) is 0 Å². The van der Waals surface area contributed by atoms with E-state index in [9.17, 15) is 13.5 Å². The predicted molar refractivity (Wildman–Crippen MR) is 83.8 cm³/mol. The van der Waals surface area contributed by atoms with Crippen LogP contribution in [-0.4, -0.2) is 36.5 Å². The molecule has 1 unspecified atom stereocenters. The number of sulfonamides is 1. The summed E-state index contributed by atoms with van der Waals surface area (Å²) >= 11 is 0. The van der Waals surface area contributed by atoms with Gasteiger partial charge in [0.2, 0.25) is 10.0 Å². The zero-order chi connectivity index (χ0) is 15.7. The molecule has 2 rings (SSSR count). The molecule has 0 amide bonds. The molecule has 1 fully saturated rings. The topological polar surface area (TPSA) is 57.6 Å². The Morgan fingerprint density at radius 3 is 2.33 bits per heavy atom. The second kappa shape index (κ2) is 6.07. The summed E-state index contributed by atoms with van der Waals surface area (Å²) in [7, 11) is -3.46. The first kappa shape index (κ1) is 16.5. The Morgan fingerprint density at radius 1 is 1.14 bits per heavy atom. The summed E-state index contributed by atoms with van der Waals surface area (Å²) in [6.45, 7) is 6.80. The minimum atomic E-state index is -3.46. The lowest BCUT2D eigenvalue weighted by Crippen LogP contribution is -2.33. The van der Waals surface area contributed by atoms with Crippen LogP contribution in [0.3, 0.4) is 0 Å². The van der Waals surface area contributed by atoms with E-state index in [1.165, 1.54) is 4.31 Å². The van der Waals surface area contributed by atoms with Crippen molar-refractivity contribution in [3.05, 3.63) is 29.8 Å². The molecule has 0 aromatic heterocycles. The fraction of sp³-hybridized carbons (Fsp3) is 0.625. The van der Waals surface area contributed by atoms with Gasteiger partial charge in [0, 0.05) is 13.1 Å². The van der Waals surface area contributed by atoms with Crippen LogP contribution in [0.1, 0.15) is 51.5 Å². The average Bonchev–Trinajstić information content (AvgIpc) is 2.60. The van der Waals surface area contributed by atoms with Crippen LogP contribution in [-0.2, 0) is 10.0 Å². The number of hydrogen-bond donors (Lipinski definition) is 1. The molecule has 1 aliphatic heterocycles. The lowest BCUT2D eigenvalue weighted by molar-refractivity contribution is 0.0465. The summed E-state index contributed by atoms with van der Waals surface area (Å²) in [6.07, 6.45) is 1.82. The average molecular weight is 311 g/mol. The van der Waals surface area contributed by atoms with Gasteiger partial charge in [0.15, 0.2) is 0 Å². The van der Waals surface area contributed by atoms with Crippen LogP contribution in [0.5, 0.6) is 0 Å². The van der Waals surface area contributed by atoms with Crippen molar-refractivity contribution in [2.24, 2.45) is 0 Å².